The van der Waals surface area contributed by atoms with Gasteiger partial charge in [0.25, 0.3) is 0 Å². The highest BCUT2D eigenvalue weighted by Gasteiger charge is 2.33. The van der Waals surface area contributed by atoms with E-state index in [9.17, 15) is 4.79 Å². The lowest BCUT2D eigenvalue weighted by Crippen LogP contribution is -2.27. The molecule has 0 aliphatic carbocycles. The molecule has 0 aromatic rings. The summed E-state index contributed by atoms with van der Waals surface area (Å²) in [5.41, 5.74) is 5.03. The Morgan fingerprint density at radius 1 is 1.73 bits per heavy atom. The van der Waals surface area contributed by atoms with Crippen molar-refractivity contribution in [3.63, 3.8) is 0 Å². The van der Waals surface area contributed by atoms with Crippen LogP contribution in [0.15, 0.2) is 16.5 Å². The second kappa shape index (κ2) is 1.98. The lowest BCUT2D eigenvalue weighted by molar-refractivity contribution is -0.119. The highest BCUT2D eigenvalue weighted by Crippen LogP contribution is 2.24. The van der Waals surface area contributed by atoms with Gasteiger partial charge < -0.3 is 15.2 Å². The molecule has 11 heavy (non-hydrogen) atoms. The largest absolute Gasteiger partial charge is 0.455 e. The Kier molecular flexibility index (Phi) is 1.12. The van der Waals surface area contributed by atoms with Gasteiger partial charge in [0, 0.05) is 0 Å². The number of nitrogens with zero attached hydrogens (tertiary/aromatic N) is 1. The fraction of sp³-hybridized carbons (Fsp3) is 0.333. The number of primary amides is 1. The molecule has 2 heterocycles. The number of aliphatic imine (C=N–C) groups is 1. The van der Waals surface area contributed by atoms with Crippen molar-refractivity contribution in [3.8, 4) is 0 Å². The molecule has 2 N–H and O–H groups in total. The first kappa shape index (κ1) is 6.21. The summed E-state index contributed by atoms with van der Waals surface area (Å²) in [6.07, 6.45) is 1.46. The molecule has 0 bridgehead atoms. The highest BCUT2D eigenvalue weighted by molar-refractivity contribution is 5.92. The maximum Gasteiger partial charge on any atom is 0.250 e. The first-order chi connectivity index (χ1) is 5.29. The number of hydrogen-bond acceptors (Lipinski definition) is 4. The van der Waals surface area contributed by atoms with Crippen LogP contribution in [0.3, 0.4) is 0 Å². The van der Waals surface area contributed by atoms with Crippen molar-refractivity contribution in [3.05, 3.63) is 11.5 Å². The third-order valence-electron chi connectivity index (χ3n) is 1.53. The van der Waals surface area contributed by atoms with E-state index < -0.39 is 11.9 Å². The highest BCUT2D eigenvalue weighted by atomic mass is 16.7. The summed E-state index contributed by atoms with van der Waals surface area (Å²) in [6.45, 7) is 0.153. The molecule has 0 saturated heterocycles. The van der Waals surface area contributed by atoms with Crippen molar-refractivity contribution in [1.29, 1.82) is 0 Å². The smallest absolute Gasteiger partial charge is 0.250 e. The van der Waals surface area contributed by atoms with Crippen LogP contribution < -0.4 is 5.73 Å². The topological polar surface area (TPSA) is 73.9 Å². The van der Waals surface area contributed by atoms with Crippen LogP contribution in [0, 0.1) is 0 Å². The normalized spacial score (nSPS) is 26.4. The summed E-state index contributed by atoms with van der Waals surface area (Å²) in [6, 6.07) is -0.674. The van der Waals surface area contributed by atoms with Gasteiger partial charge in [-0.1, -0.05) is 0 Å². The summed E-state index contributed by atoms with van der Waals surface area (Å²) in [5, 5.41) is 0. The maximum absolute atomic E-state index is 10.7. The number of hydrogen-bond donors (Lipinski definition) is 1. The van der Waals surface area contributed by atoms with Crippen molar-refractivity contribution in [2.45, 2.75) is 6.04 Å². The van der Waals surface area contributed by atoms with Gasteiger partial charge in [0.2, 0.25) is 12.7 Å². The summed E-state index contributed by atoms with van der Waals surface area (Å²) < 4.78 is 9.94. The van der Waals surface area contributed by atoms with E-state index in [0.717, 1.165) is 0 Å². The zero-order valence-electron chi connectivity index (χ0n) is 5.61. The lowest BCUT2D eigenvalue weighted by atomic mass is 10.2. The second-order valence-electron chi connectivity index (χ2n) is 2.22. The van der Waals surface area contributed by atoms with E-state index in [1.165, 1.54) is 6.21 Å². The quantitative estimate of drug-likeness (QED) is 0.534. The molecule has 5 heteroatoms. The average molecular weight is 154 g/mol. The molecule has 1 atom stereocenters. The van der Waals surface area contributed by atoms with Crippen LogP contribution >= 0.6 is 0 Å². The molecule has 0 aromatic heterocycles. The van der Waals surface area contributed by atoms with Crippen molar-refractivity contribution in [1.82, 2.24) is 0 Å². The third kappa shape index (κ3) is 0.772. The molecule has 2 rings (SSSR count). The fourth-order valence-electron chi connectivity index (χ4n) is 1.03. The van der Waals surface area contributed by atoms with Crippen LogP contribution in [-0.2, 0) is 14.3 Å². The number of allylic oxidation sites excluding steroid dienone is 1. The van der Waals surface area contributed by atoms with E-state index >= 15 is 0 Å². The first-order valence-electron chi connectivity index (χ1n) is 3.11. The van der Waals surface area contributed by atoms with Gasteiger partial charge >= 0.3 is 0 Å². The number of rotatable bonds is 1. The van der Waals surface area contributed by atoms with Gasteiger partial charge in [0.15, 0.2) is 17.6 Å². The second-order valence-corrected chi connectivity index (χ2v) is 2.22. The zero-order chi connectivity index (χ0) is 7.84. The Morgan fingerprint density at radius 3 is 3.27 bits per heavy atom. The van der Waals surface area contributed by atoms with E-state index in [1.54, 1.807) is 0 Å². The van der Waals surface area contributed by atoms with Crippen molar-refractivity contribution >= 4 is 12.1 Å². The predicted molar refractivity (Wildman–Crippen MR) is 35.5 cm³/mol. The van der Waals surface area contributed by atoms with E-state index in [1.807, 2.05) is 0 Å². The number of ether oxygens (including phenoxy) is 2. The van der Waals surface area contributed by atoms with E-state index in [4.69, 9.17) is 15.2 Å². The number of carbonyl (C=O) groups excluding carboxylic acids is 1. The maximum atomic E-state index is 10.7. The summed E-state index contributed by atoms with van der Waals surface area (Å²) in [5.74, 6) is 0.447. The lowest BCUT2D eigenvalue weighted by Gasteiger charge is -2.03. The number of nitrogens with two attached hydrogens (primary N) is 1. The Labute approximate surface area is 62.5 Å². The molecule has 0 saturated carbocycles. The number of amides is 1. The molecule has 0 spiro atoms. The predicted octanol–water partition coefficient (Wildman–Crippen LogP) is -0.859. The molecule has 2 aliphatic rings. The van der Waals surface area contributed by atoms with Crippen molar-refractivity contribution in [2.75, 3.05) is 6.79 Å². The number of carbonyl (C=O) groups is 1. The van der Waals surface area contributed by atoms with Gasteiger partial charge in [-0.2, -0.15) is 0 Å². The standard InChI is InChI=1S/C6H6N2O3/c7-6(9)4-5-3(1-8-4)10-2-11-5/h1,4H,2H2,(H2,7,9). The monoisotopic (exact) mass is 154 g/mol. The van der Waals surface area contributed by atoms with Gasteiger partial charge in [-0.3, -0.25) is 9.79 Å². The van der Waals surface area contributed by atoms with E-state index in [2.05, 4.69) is 4.99 Å². The Hall–Kier alpha value is -1.52. The molecule has 1 amide bonds. The third-order valence-corrected chi connectivity index (χ3v) is 1.53. The van der Waals surface area contributed by atoms with Crippen molar-refractivity contribution in [2.24, 2.45) is 10.7 Å². The minimum Gasteiger partial charge on any atom is -0.455 e. The van der Waals surface area contributed by atoms with Crippen LogP contribution in [0.1, 0.15) is 0 Å². The summed E-state index contributed by atoms with van der Waals surface area (Å²) in [4.78, 5) is 14.5. The van der Waals surface area contributed by atoms with Crippen LogP contribution in [0.25, 0.3) is 0 Å². The minimum absolute atomic E-state index is 0.153. The molecule has 0 radical (unpaired) electrons. The van der Waals surface area contributed by atoms with Crippen LogP contribution in [0.4, 0.5) is 0 Å². The van der Waals surface area contributed by atoms with Gasteiger partial charge in [0.1, 0.15) is 0 Å². The van der Waals surface area contributed by atoms with Crippen LogP contribution in [0.5, 0.6) is 0 Å². The van der Waals surface area contributed by atoms with E-state index in [-0.39, 0.29) is 6.79 Å². The van der Waals surface area contributed by atoms with Crippen LogP contribution in [0.2, 0.25) is 0 Å². The van der Waals surface area contributed by atoms with Gasteiger partial charge in [-0.15, -0.1) is 0 Å². The van der Waals surface area contributed by atoms with Gasteiger partial charge in [0.05, 0.1) is 6.21 Å². The Bertz CT molecular complexity index is 269. The molecular weight excluding hydrogens is 148 g/mol. The van der Waals surface area contributed by atoms with Crippen LogP contribution in [-0.4, -0.2) is 25.0 Å². The SMILES string of the molecule is NC(=O)C1N=CC2=C1OCO2. The molecule has 1 unspecified atom stereocenters. The van der Waals surface area contributed by atoms with E-state index in [0.29, 0.717) is 11.5 Å². The summed E-state index contributed by atoms with van der Waals surface area (Å²) >= 11 is 0. The minimum atomic E-state index is -0.674. The molecule has 5 nitrogen and oxygen atoms in total. The van der Waals surface area contributed by atoms with Gasteiger partial charge in [-0.05, 0) is 0 Å². The molecule has 0 aromatic carbocycles. The fourth-order valence-corrected chi connectivity index (χ4v) is 1.03. The molecular formula is C6H6N2O3. The molecule has 0 fully saturated rings. The Balaban J connectivity index is 2.29. The first-order valence-corrected chi connectivity index (χ1v) is 3.11. The zero-order valence-corrected chi connectivity index (χ0v) is 5.61. The average Bonchev–Trinajstić information content (AvgIpc) is 2.41. The van der Waals surface area contributed by atoms with Crippen molar-refractivity contribution < 1.29 is 14.3 Å². The summed E-state index contributed by atoms with van der Waals surface area (Å²) in [7, 11) is 0. The molecule has 58 valence electrons. The van der Waals surface area contributed by atoms with Gasteiger partial charge in [-0.25, -0.2) is 0 Å². The molecule has 2 aliphatic heterocycles. The Morgan fingerprint density at radius 2 is 2.55 bits per heavy atom.